The van der Waals surface area contributed by atoms with E-state index in [0.29, 0.717) is 0 Å². The Kier molecular flexibility index (Phi) is 4.53. The van der Waals surface area contributed by atoms with Gasteiger partial charge in [-0.05, 0) is 19.4 Å². The maximum atomic E-state index is 11.6. The number of amides is 1. The van der Waals surface area contributed by atoms with Crippen LogP contribution in [-0.2, 0) is 11.3 Å². The van der Waals surface area contributed by atoms with Crippen LogP contribution in [0.5, 0.6) is 0 Å². The molecule has 1 heterocycles. The predicted octanol–water partition coefficient (Wildman–Crippen LogP) is 1.46. The number of nitrogens with zero attached hydrogens (tertiary/aromatic N) is 2. The summed E-state index contributed by atoms with van der Waals surface area (Å²) in [6, 6.07) is 9.51. The Bertz CT molecular complexity index is 562. The third-order valence-electron chi connectivity index (χ3n) is 3.11. The quantitative estimate of drug-likeness (QED) is 0.865. The van der Waals surface area contributed by atoms with Crippen LogP contribution in [0, 0.1) is 0 Å². The van der Waals surface area contributed by atoms with Crippen LogP contribution in [0.15, 0.2) is 42.7 Å². The number of nitrogens with one attached hydrogen (secondary N) is 1. The summed E-state index contributed by atoms with van der Waals surface area (Å²) >= 11 is 0. The Morgan fingerprint density at radius 2 is 2.05 bits per heavy atom. The van der Waals surface area contributed by atoms with Crippen molar-refractivity contribution in [2.45, 2.75) is 32.5 Å². The average Bonchev–Trinajstić information content (AvgIpc) is 2.88. The third kappa shape index (κ3) is 3.68. The van der Waals surface area contributed by atoms with E-state index in [-0.39, 0.29) is 11.9 Å². The van der Waals surface area contributed by atoms with Crippen molar-refractivity contribution < 1.29 is 4.79 Å². The maximum Gasteiger partial charge on any atom is 0.237 e. The SMILES string of the molecule is CC(NC(=O)[C@@H](C)N)c1cnn(Cc2ccccc2)c1. The highest BCUT2D eigenvalue weighted by molar-refractivity contribution is 5.81. The van der Waals surface area contributed by atoms with Gasteiger partial charge in [0, 0.05) is 11.8 Å². The molecular weight excluding hydrogens is 252 g/mol. The van der Waals surface area contributed by atoms with Crippen molar-refractivity contribution in [3.8, 4) is 0 Å². The van der Waals surface area contributed by atoms with E-state index in [1.807, 2.05) is 36.0 Å². The van der Waals surface area contributed by atoms with E-state index in [4.69, 9.17) is 5.73 Å². The fourth-order valence-electron chi connectivity index (χ4n) is 1.89. The molecule has 0 spiro atoms. The Morgan fingerprint density at radius 1 is 1.35 bits per heavy atom. The van der Waals surface area contributed by atoms with Gasteiger partial charge >= 0.3 is 0 Å². The molecule has 0 aliphatic rings. The summed E-state index contributed by atoms with van der Waals surface area (Å²) in [4.78, 5) is 11.6. The van der Waals surface area contributed by atoms with Crippen molar-refractivity contribution in [2.75, 3.05) is 0 Å². The van der Waals surface area contributed by atoms with Crippen LogP contribution in [-0.4, -0.2) is 21.7 Å². The van der Waals surface area contributed by atoms with Gasteiger partial charge in [-0.15, -0.1) is 0 Å². The molecule has 1 aromatic heterocycles. The molecule has 3 N–H and O–H groups in total. The molecule has 5 nitrogen and oxygen atoms in total. The zero-order valence-corrected chi connectivity index (χ0v) is 11.8. The standard InChI is InChI=1S/C15H20N4O/c1-11(16)15(20)18-12(2)14-8-17-19(10-14)9-13-6-4-3-5-7-13/h3-8,10-12H,9,16H2,1-2H3,(H,18,20)/t11-,12?/m1/s1. The minimum Gasteiger partial charge on any atom is -0.348 e. The second-order valence-corrected chi connectivity index (χ2v) is 4.98. The van der Waals surface area contributed by atoms with E-state index in [2.05, 4.69) is 22.5 Å². The predicted molar refractivity (Wildman–Crippen MR) is 78.0 cm³/mol. The van der Waals surface area contributed by atoms with Gasteiger partial charge in [0.25, 0.3) is 0 Å². The zero-order chi connectivity index (χ0) is 14.5. The second-order valence-electron chi connectivity index (χ2n) is 4.98. The molecule has 1 amide bonds. The number of hydrogen-bond donors (Lipinski definition) is 2. The van der Waals surface area contributed by atoms with E-state index in [1.54, 1.807) is 13.1 Å². The number of rotatable bonds is 5. The van der Waals surface area contributed by atoms with Crippen LogP contribution in [0.4, 0.5) is 0 Å². The van der Waals surface area contributed by atoms with Crippen molar-refractivity contribution in [2.24, 2.45) is 5.73 Å². The van der Waals surface area contributed by atoms with E-state index < -0.39 is 6.04 Å². The van der Waals surface area contributed by atoms with Gasteiger partial charge in [0.2, 0.25) is 5.91 Å². The first kappa shape index (κ1) is 14.3. The zero-order valence-electron chi connectivity index (χ0n) is 11.8. The fourth-order valence-corrected chi connectivity index (χ4v) is 1.89. The molecule has 0 bridgehead atoms. The number of nitrogens with two attached hydrogens (primary N) is 1. The molecule has 106 valence electrons. The fraction of sp³-hybridized carbons (Fsp3) is 0.333. The molecule has 1 unspecified atom stereocenters. The molecule has 5 heteroatoms. The molecular formula is C15H20N4O. The monoisotopic (exact) mass is 272 g/mol. The topological polar surface area (TPSA) is 72.9 Å². The summed E-state index contributed by atoms with van der Waals surface area (Å²) in [5.41, 5.74) is 7.69. The maximum absolute atomic E-state index is 11.6. The van der Waals surface area contributed by atoms with Gasteiger partial charge in [0.1, 0.15) is 0 Å². The molecule has 0 saturated carbocycles. The van der Waals surface area contributed by atoms with Crippen LogP contribution >= 0.6 is 0 Å². The largest absolute Gasteiger partial charge is 0.348 e. The van der Waals surface area contributed by atoms with Gasteiger partial charge in [-0.25, -0.2) is 0 Å². The minimum absolute atomic E-state index is 0.0991. The molecule has 0 fully saturated rings. The summed E-state index contributed by atoms with van der Waals surface area (Å²) in [7, 11) is 0. The summed E-state index contributed by atoms with van der Waals surface area (Å²) < 4.78 is 1.86. The second kappa shape index (κ2) is 6.34. The van der Waals surface area contributed by atoms with Gasteiger partial charge in [-0.3, -0.25) is 9.48 Å². The van der Waals surface area contributed by atoms with Crippen molar-refractivity contribution in [1.29, 1.82) is 0 Å². The lowest BCUT2D eigenvalue weighted by Crippen LogP contribution is -2.39. The molecule has 20 heavy (non-hydrogen) atoms. The van der Waals surface area contributed by atoms with Crippen LogP contribution in [0.1, 0.15) is 31.0 Å². The van der Waals surface area contributed by atoms with Crippen molar-refractivity contribution in [3.05, 3.63) is 53.9 Å². The number of hydrogen-bond acceptors (Lipinski definition) is 3. The first-order chi connectivity index (χ1) is 9.56. The van der Waals surface area contributed by atoms with Crippen molar-refractivity contribution in [3.63, 3.8) is 0 Å². The Labute approximate surface area is 118 Å². The number of carbonyl (C=O) groups excluding carboxylic acids is 1. The summed E-state index contributed by atoms with van der Waals surface area (Å²) in [5, 5.41) is 7.17. The van der Waals surface area contributed by atoms with Crippen LogP contribution in [0.25, 0.3) is 0 Å². The first-order valence-electron chi connectivity index (χ1n) is 6.68. The number of benzene rings is 1. The lowest BCUT2D eigenvalue weighted by Gasteiger charge is -2.13. The molecule has 2 rings (SSSR count). The normalized spacial score (nSPS) is 13.8. The van der Waals surface area contributed by atoms with Gasteiger partial charge in [0.15, 0.2) is 0 Å². The van der Waals surface area contributed by atoms with E-state index in [9.17, 15) is 4.79 Å². The highest BCUT2D eigenvalue weighted by Crippen LogP contribution is 2.12. The van der Waals surface area contributed by atoms with Gasteiger partial charge in [-0.2, -0.15) is 5.10 Å². The van der Waals surface area contributed by atoms with E-state index in [0.717, 1.165) is 12.1 Å². The van der Waals surface area contributed by atoms with Crippen LogP contribution in [0.3, 0.4) is 0 Å². The molecule has 0 aliphatic carbocycles. The molecule has 0 radical (unpaired) electrons. The lowest BCUT2D eigenvalue weighted by atomic mass is 10.2. The van der Waals surface area contributed by atoms with Crippen LogP contribution < -0.4 is 11.1 Å². The van der Waals surface area contributed by atoms with Crippen molar-refractivity contribution >= 4 is 5.91 Å². The summed E-state index contributed by atoms with van der Waals surface area (Å²) in [6.45, 7) is 4.31. The van der Waals surface area contributed by atoms with Gasteiger partial charge in [0.05, 0.1) is 24.8 Å². The smallest absolute Gasteiger partial charge is 0.237 e. The average molecular weight is 272 g/mol. The van der Waals surface area contributed by atoms with E-state index in [1.165, 1.54) is 5.56 Å². The third-order valence-corrected chi connectivity index (χ3v) is 3.11. The number of aromatic nitrogens is 2. The molecule has 2 aromatic rings. The van der Waals surface area contributed by atoms with Crippen LogP contribution in [0.2, 0.25) is 0 Å². The Hall–Kier alpha value is -2.14. The summed E-state index contributed by atoms with van der Waals surface area (Å²) in [5.74, 6) is -0.159. The lowest BCUT2D eigenvalue weighted by molar-refractivity contribution is -0.122. The molecule has 0 aliphatic heterocycles. The molecule has 1 aromatic carbocycles. The van der Waals surface area contributed by atoms with Gasteiger partial charge < -0.3 is 11.1 Å². The summed E-state index contributed by atoms with van der Waals surface area (Å²) in [6.07, 6.45) is 3.72. The highest BCUT2D eigenvalue weighted by Gasteiger charge is 2.14. The molecule has 0 saturated heterocycles. The molecule has 2 atom stereocenters. The Balaban J connectivity index is 2.00. The first-order valence-corrected chi connectivity index (χ1v) is 6.68. The highest BCUT2D eigenvalue weighted by atomic mass is 16.2. The Morgan fingerprint density at radius 3 is 2.70 bits per heavy atom. The van der Waals surface area contributed by atoms with E-state index >= 15 is 0 Å². The van der Waals surface area contributed by atoms with Gasteiger partial charge in [-0.1, -0.05) is 30.3 Å². The minimum atomic E-state index is -0.503. The van der Waals surface area contributed by atoms with Crippen molar-refractivity contribution in [1.82, 2.24) is 15.1 Å². The number of carbonyl (C=O) groups is 1.